The van der Waals surface area contributed by atoms with E-state index < -0.39 is 5.97 Å². The summed E-state index contributed by atoms with van der Waals surface area (Å²) < 4.78 is 4.60. The molecule has 1 heterocycles. The molecule has 0 saturated carbocycles. The van der Waals surface area contributed by atoms with E-state index in [2.05, 4.69) is 9.72 Å². The van der Waals surface area contributed by atoms with Crippen molar-refractivity contribution in [1.82, 2.24) is 4.98 Å². The van der Waals surface area contributed by atoms with Crippen LogP contribution in [-0.2, 0) is 4.74 Å². The average molecular weight is 231 g/mol. The number of nitrogens with zero attached hydrogens (tertiary/aromatic N) is 1. The Kier molecular flexibility index (Phi) is 2.59. The number of aromatic nitrogens is 1. The number of carbonyl (C=O) groups is 3. The highest BCUT2D eigenvalue weighted by Crippen LogP contribution is 2.23. The minimum atomic E-state index is -0.664. The van der Waals surface area contributed by atoms with E-state index in [-0.39, 0.29) is 28.3 Å². The number of pyridine rings is 1. The molecule has 86 valence electrons. The summed E-state index contributed by atoms with van der Waals surface area (Å²) in [6.45, 7) is 1.59. The van der Waals surface area contributed by atoms with Gasteiger partial charge in [-0.1, -0.05) is 0 Å². The topological polar surface area (TPSA) is 73.3 Å². The van der Waals surface area contributed by atoms with Crippen LogP contribution in [0.3, 0.4) is 0 Å². The van der Waals surface area contributed by atoms with Crippen LogP contribution in [-0.4, -0.2) is 29.6 Å². The smallest absolute Gasteiger partial charge is 0.340 e. The molecule has 1 aromatic rings. The van der Waals surface area contributed by atoms with E-state index in [9.17, 15) is 14.4 Å². The molecule has 1 aliphatic rings. The number of allylic oxidation sites excluding steroid dienone is 2. The van der Waals surface area contributed by atoms with Crippen LogP contribution in [0, 0.1) is 6.92 Å². The van der Waals surface area contributed by atoms with E-state index in [1.54, 1.807) is 6.92 Å². The van der Waals surface area contributed by atoms with Crippen molar-refractivity contribution in [2.24, 2.45) is 0 Å². The average Bonchev–Trinajstić information content (AvgIpc) is 2.33. The molecule has 1 aromatic heterocycles. The number of esters is 1. The van der Waals surface area contributed by atoms with Gasteiger partial charge in [0.1, 0.15) is 0 Å². The molecule has 0 fully saturated rings. The molecule has 5 nitrogen and oxygen atoms in total. The lowest BCUT2D eigenvalue weighted by Gasteiger charge is -2.13. The molecule has 0 aromatic carbocycles. The number of carbonyl (C=O) groups excluding carboxylic acids is 3. The van der Waals surface area contributed by atoms with E-state index in [0.717, 1.165) is 6.08 Å². The third-order valence-corrected chi connectivity index (χ3v) is 2.56. The number of hydrogen-bond acceptors (Lipinski definition) is 5. The zero-order valence-corrected chi connectivity index (χ0v) is 9.31. The van der Waals surface area contributed by atoms with Crippen LogP contribution in [0.1, 0.15) is 36.8 Å². The zero-order chi connectivity index (χ0) is 12.6. The lowest BCUT2D eigenvalue weighted by Crippen LogP contribution is -2.20. The lowest BCUT2D eigenvalue weighted by atomic mass is 9.91. The number of fused-ring (bicyclic) bond motifs is 1. The molecule has 0 saturated heterocycles. The highest BCUT2D eigenvalue weighted by Gasteiger charge is 2.28. The largest absolute Gasteiger partial charge is 0.465 e. The van der Waals surface area contributed by atoms with Gasteiger partial charge in [-0.15, -0.1) is 0 Å². The maximum Gasteiger partial charge on any atom is 0.340 e. The van der Waals surface area contributed by atoms with Crippen molar-refractivity contribution >= 4 is 17.5 Å². The summed E-state index contributed by atoms with van der Waals surface area (Å²) in [7, 11) is 1.21. The minimum Gasteiger partial charge on any atom is -0.465 e. The monoisotopic (exact) mass is 231 g/mol. The van der Waals surface area contributed by atoms with Crippen LogP contribution in [0.25, 0.3) is 0 Å². The first-order valence-electron chi connectivity index (χ1n) is 4.91. The van der Waals surface area contributed by atoms with Crippen LogP contribution in [0.4, 0.5) is 0 Å². The highest BCUT2D eigenvalue weighted by atomic mass is 16.5. The van der Waals surface area contributed by atoms with Gasteiger partial charge < -0.3 is 4.74 Å². The summed E-state index contributed by atoms with van der Waals surface area (Å²) in [5, 5.41) is 0. The second-order valence-electron chi connectivity index (χ2n) is 3.56. The Morgan fingerprint density at radius 3 is 2.53 bits per heavy atom. The molecule has 0 amide bonds. The van der Waals surface area contributed by atoms with Gasteiger partial charge in [-0.2, -0.15) is 0 Å². The van der Waals surface area contributed by atoms with Crippen LogP contribution in [0.15, 0.2) is 18.3 Å². The van der Waals surface area contributed by atoms with Crippen molar-refractivity contribution in [2.45, 2.75) is 6.92 Å². The fourth-order valence-electron chi connectivity index (χ4n) is 1.73. The first-order chi connectivity index (χ1) is 8.06. The van der Waals surface area contributed by atoms with Crippen molar-refractivity contribution < 1.29 is 19.1 Å². The van der Waals surface area contributed by atoms with Gasteiger partial charge in [0.2, 0.25) is 0 Å². The maximum absolute atomic E-state index is 11.7. The summed E-state index contributed by atoms with van der Waals surface area (Å²) in [5.74, 6) is -1.38. The van der Waals surface area contributed by atoms with E-state index in [0.29, 0.717) is 5.69 Å². The second kappa shape index (κ2) is 3.93. The molecule has 0 spiro atoms. The number of methoxy groups -OCH3 is 1. The van der Waals surface area contributed by atoms with Crippen molar-refractivity contribution in [3.05, 3.63) is 40.7 Å². The molecule has 17 heavy (non-hydrogen) atoms. The zero-order valence-electron chi connectivity index (χ0n) is 9.31. The van der Waals surface area contributed by atoms with Gasteiger partial charge in [-0.3, -0.25) is 14.6 Å². The highest BCUT2D eigenvalue weighted by molar-refractivity contribution is 6.25. The van der Waals surface area contributed by atoms with Crippen molar-refractivity contribution in [2.75, 3.05) is 7.11 Å². The van der Waals surface area contributed by atoms with Crippen molar-refractivity contribution in [3.8, 4) is 0 Å². The Balaban J connectivity index is 2.77. The van der Waals surface area contributed by atoms with Gasteiger partial charge in [0.15, 0.2) is 11.6 Å². The molecule has 0 N–H and O–H groups in total. The lowest BCUT2D eigenvalue weighted by molar-refractivity contribution is 0.0596. The molecule has 1 aliphatic carbocycles. The summed E-state index contributed by atoms with van der Waals surface area (Å²) in [6, 6.07) is 0. The van der Waals surface area contributed by atoms with Crippen LogP contribution >= 0.6 is 0 Å². The van der Waals surface area contributed by atoms with E-state index in [1.165, 1.54) is 19.4 Å². The van der Waals surface area contributed by atoms with Gasteiger partial charge in [-0.05, 0) is 19.1 Å². The molecule has 0 radical (unpaired) electrons. The normalized spacial score (nSPS) is 13.5. The molecular formula is C12H9NO4. The fourth-order valence-corrected chi connectivity index (χ4v) is 1.73. The maximum atomic E-state index is 11.7. The van der Waals surface area contributed by atoms with Crippen molar-refractivity contribution in [3.63, 3.8) is 0 Å². The van der Waals surface area contributed by atoms with Crippen molar-refractivity contribution in [1.29, 1.82) is 0 Å². The standard InChI is InChI=1S/C12H9NO4/c1-6-10(12(16)17-2)11-7(5-13-6)8(14)3-4-9(11)15/h3-5H,1-2H3. The van der Waals surface area contributed by atoms with Crippen LogP contribution in [0.5, 0.6) is 0 Å². The van der Waals surface area contributed by atoms with Gasteiger partial charge in [0.05, 0.1) is 29.5 Å². The summed E-state index contributed by atoms with van der Waals surface area (Å²) >= 11 is 0. The van der Waals surface area contributed by atoms with Gasteiger partial charge >= 0.3 is 5.97 Å². The minimum absolute atomic E-state index is 0.0627. The fraction of sp³-hybridized carbons (Fsp3) is 0.167. The first-order valence-corrected chi connectivity index (χ1v) is 4.91. The molecule has 0 bridgehead atoms. The Morgan fingerprint density at radius 1 is 1.24 bits per heavy atom. The van der Waals surface area contributed by atoms with Crippen LogP contribution < -0.4 is 0 Å². The Labute approximate surface area is 97.1 Å². The SMILES string of the molecule is COC(=O)c1c(C)ncc2c1C(=O)C=CC2=O. The number of rotatable bonds is 1. The molecule has 0 unspecified atom stereocenters. The van der Waals surface area contributed by atoms with Crippen LogP contribution in [0.2, 0.25) is 0 Å². The summed E-state index contributed by atoms with van der Waals surface area (Å²) in [4.78, 5) is 38.9. The van der Waals surface area contributed by atoms with Gasteiger partial charge in [0.25, 0.3) is 0 Å². The molecule has 5 heteroatoms. The molecule has 0 atom stereocenters. The Morgan fingerprint density at radius 2 is 1.88 bits per heavy atom. The van der Waals surface area contributed by atoms with E-state index >= 15 is 0 Å². The van der Waals surface area contributed by atoms with E-state index in [4.69, 9.17) is 0 Å². The third-order valence-electron chi connectivity index (χ3n) is 2.56. The number of ketones is 2. The predicted molar refractivity (Wildman–Crippen MR) is 58.1 cm³/mol. The Bertz CT molecular complexity index is 572. The van der Waals surface area contributed by atoms with Gasteiger partial charge in [-0.25, -0.2) is 4.79 Å². The molecule has 0 aliphatic heterocycles. The summed E-state index contributed by atoms with van der Waals surface area (Å²) in [5.41, 5.74) is 0.653. The quantitative estimate of drug-likeness (QED) is 0.677. The number of hydrogen-bond donors (Lipinski definition) is 0. The summed E-state index contributed by atoms with van der Waals surface area (Å²) in [6.07, 6.45) is 3.63. The van der Waals surface area contributed by atoms with Gasteiger partial charge in [0, 0.05) is 6.20 Å². The predicted octanol–water partition coefficient (Wildman–Crippen LogP) is 1.11. The molecular weight excluding hydrogens is 222 g/mol. The second-order valence-corrected chi connectivity index (χ2v) is 3.56. The first kappa shape index (κ1) is 11.2. The number of ether oxygens (including phenoxy) is 1. The molecule has 2 rings (SSSR count). The Hall–Kier alpha value is -2.30. The third kappa shape index (κ3) is 1.65. The number of aryl methyl sites for hydroxylation is 1. The van der Waals surface area contributed by atoms with E-state index in [1.807, 2.05) is 0 Å².